The van der Waals surface area contributed by atoms with Crippen molar-refractivity contribution in [3.8, 4) is 0 Å². The smallest absolute Gasteiger partial charge is 0.307 e. The highest BCUT2D eigenvalue weighted by Gasteiger charge is 2.18. The van der Waals surface area contributed by atoms with Crippen LogP contribution in [0.5, 0.6) is 0 Å². The van der Waals surface area contributed by atoms with Crippen LogP contribution in [-0.4, -0.2) is 25.1 Å². The first-order chi connectivity index (χ1) is 13.5. The summed E-state index contributed by atoms with van der Waals surface area (Å²) in [6.45, 7) is 8.00. The van der Waals surface area contributed by atoms with Crippen LogP contribution in [-0.2, 0) is 0 Å². The van der Waals surface area contributed by atoms with E-state index in [2.05, 4.69) is 30.9 Å². The number of hydrogen-bond acceptors (Lipinski definition) is 4. The summed E-state index contributed by atoms with van der Waals surface area (Å²) in [5.41, 5.74) is 0.314. The summed E-state index contributed by atoms with van der Waals surface area (Å²) in [6.07, 6.45) is 1.74. The number of ketones is 1. The fraction of sp³-hybridized carbons (Fsp3) is 0.238. The minimum atomic E-state index is -0.588. The number of pyridine rings is 1. The summed E-state index contributed by atoms with van der Waals surface area (Å²) >= 11 is 3.34. The number of nitrogens with zero attached hydrogens (tertiary/aromatic N) is 2. The Bertz CT molecular complexity index is 1240. The number of carbonyl (C=O) groups excluding carboxylic acids is 1. The first-order valence-electron chi connectivity index (χ1n) is 8.98. The summed E-state index contributed by atoms with van der Waals surface area (Å²) in [4.78, 5) is 45.0. The fourth-order valence-electron chi connectivity index (χ4n) is 2.60. The Morgan fingerprint density at radius 3 is 2.41 bits per heavy atom. The number of H-pyrrole nitrogens is 2. The van der Waals surface area contributed by atoms with Gasteiger partial charge in [0, 0.05) is 11.8 Å². The van der Waals surface area contributed by atoms with Gasteiger partial charge in [-0.15, -0.1) is 0 Å². The van der Waals surface area contributed by atoms with Crippen LogP contribution in [0.15, 0.2) is 56.8 Å². The highest BCUT2D eigenvalue weighted by molar-refractivity contribution is 9.10. The molecule has 3 heterocycles. The second-order valence-corrected chi connectivity index (χ2v) is 5.93. The third-order valence-corrected chi connectivity index (χ3v) is 4.29. The number of aromatic nitrogens is 4. The predicted octanol–water partition coefficient (Wildman–Crippen LogP) is 4.55. The van der Waals surface area contributed by atoms with Gasteiger partial charge in [0.05, 0.1) is 16.4 Å². The lowest BCUT2D eigenvalue weighted by atomic mass is 10.1. The van der Waals surface area contributed by atoms with E-state index in [0.717, 1.165) is 5.52 Å². The van der Waals surface area contributed by atoms with Crippen LogP contribution in [0.4, 0.5) is 0 Å². The Labute approximate surface area is 177 Å². The van der Waals surface area contributed by atoms with E-state index in [9.17, 15) is 14.4 Å². The van der Waals surface area contributed by atoms with Crippen molar-refractivity contribution in [2.75, 3.05) is 0 Å². The van der Waals surface area contributed by atoms with Crippen LogP contribution in [0, 0.1) is 0 Å². The minimum Gasteiger partial charge on any atom is -0.307 e. The van der Waals surface area contributed by atoms with Crippen LogP contribution in [0.2, 0.25) is 0 Å². The predicted molar refractivity (Wildman–Crippen MR) is 121 cm³/mol. The molecule has 4 aromatic rings. The second-order valence-electron chi connectivity index (χ2n) is 5.18. The standard InChI is InChI=1S/C16H9BrN4O3.2C2H6.CH4/c17-13-11-3-1-2-6-21(11)14(19-13)12(22)8-4-5-10-9(7-8)15(23)20-16(24)18-10;2*1-2;/h1-7H,(H2,18,20,23,24);2*1-2H3;1H4. The van der Waals surface area contributed by atoms with Gasteiger partial charge < -0.3 is 4.98 Å². The molecular formula is C21H25BrN4O3. The highest BCUT2D eigenvalue weighted by atomic mass is 79.9. The summed E-state index contributed by atoms with van der Waals surface area (Å²) < 4.78 is 2.24. The molecular weight excluding hydrogens is 436 g/mol. The molecule has 7 nitrogen and oxygen atoms in total. The Kier molecular flexibility index (Phi) is 8.72. The number of carbonyl (C=O) groups is 1. The summed E-state index contributed by atoms with van der Waals surface area (Å²) in [6, 6.07) is 10.0. The molecule has 0 fully saturated rings. The molecule has 4 rings (SSSR count). The first-order valence-corrected chi connectivity index (χ1v) is 9.77. The molecule has 154 valence electrons. The highest BCUT2D eigenvalue weighted by Crippen LogP contribution is 2.21. The zero-order valence-electron chi connectivity index (χ0n) is 16.0. The van der Waals surface area contributed by atoms with Crippen molar-refractivity contribution in [1.29, 1.82) is 0 Å². The molecule has 0 saturated carbocycles. The van der Waals surface area contributed by atoms with Crippen LogP contribution in [0.3, 0.4) is 0 Å². The summed E-state index contributed by atoms with van der Waals surface area (Å²) in [5, 5.41) is 0.236. The third-order valence-electron chi connectivity index (χ3n) is 3.71. The maximum atomic E-state index is 12.8. The van der Waals surface area contributed by atoms with Gasteiger partial charge in [-0.3, -0.25) is 19.0 Å². The Balaban J connectivity index is 0.000000794. The number of imidazole rings is 1. The average Bonchev–Trinajstić information content (AvgIpc) is 3.07. The molecule has 0 amide bonds. The van der Waals surface area contributed by atoms with Crippen molar-refractivity contribution in [3.63, 3.8) is 0 Å². The van der Waals surface area contributed by atoms with Gasteiger partial charge in [-0.25, -0.2) is 9.78 Å². The number of benzene rings is 1. The van der Waals surface area contributed by atoms with E-state index in [4.69, 9.17) is 0 Å². The molecule has 8 heteroatoms. The van der Waals surface area contributed by atoms with Crippen LogP contribution < -0.4 is 11.2 Å². The maximum absolute atomic E-state index is 12.8. The van der Waals surface area contributed by atoms with Gasteiger partial charge in [-0.2, -0.15) is 0 Å². The van der Waals surface area contributed by atoms with Gasteiger partial charge in [0.2, 0.25) is 5.78 Å². The molecule has 1 aromatic carbocycles. The van der Waals surface area contributed by atoms with Crippen LogP contribution in [0.25, 0.3) is 16.4 Å². The van der Waals surface area contributed by atoms with Gasteiger partial charge in [0.15, 0.2) is 5.82 Å². The zero-order valence-corrected chi connectivity index (χ0v) is 17.6. The van der Waals surface area contributed by atoms with Crippen LogP contribution >= 0.6 is 15.9 Å². The Morgan fingerprint density at radius 2 is 1.72 bits per heavy atom. The van der Waals surface area contributed by atoms with Gasteiger partial charge in [-0.05, 0) is 46.3 Å². The molecule has 0 bridgehead atoms. The fourth-order valence-corrected chi connectivity index (χ4v) is 3.09. The lowest BCUT2D eigenvalue weighted by Gasteiger charge is -2.02. The largest absolute Gasteiger partial charge is 0.326 e. The molecule has 0 saturated heterocycles. The van der Waals surface area contributed by atoms with Gasteiger partial charge in [0.25, 0.3) is 5.56 Å². The van der Waals surface area contributed by atoms with Crippen LogP contribution in [0.1, 0.15) is 51.3 Å². The second kappa shape index (κ2) is 10.5. The lowest BCUT2D eigenvalue weighted by molar-refractivity contribution is 0.102. The first kappa shape index (κ1) is 24.0. The van der Waals surface area contributed by atoms with Crippen molar-refractivity contribution in [3.05, 3.63) is 79.4 Å². The van der Waals surface area contributed by atoms with Crippen molar-refractivity contribution in [2.45, 2.75) is 35.1 Å². The normalized spacial score (nSPS) is 9.69. The molecule has 0 aliphatic rings. The number of rotatable bonds is 2. The van der Waals surface area contributed by atoms with E-state index in [-0.39, 0.29) is 24.4 Å². The van der Waals surface area contributed by atoms with Gasteiger partial charge in [-0.1, -0.05) is 41.2 Å². The molecule has 0 spiro atoms. The molecule has 0 unspecified atom stereocenters. The molecule has 0 atom stereocenters. The molecule has 2 N–H and O–H groups in total. The number of fused-ring (bicyclic) bond motifs is 2. The van der Waals surface area contributed by atoms with E-state index in [1.54, 1.807) is 22.7 Å². The summed E-state index contributed by atoms with van der Waals surface area (Å²) in [7, 11) is 0. The molecule has 0 radical (unpaired) electrons. The minimum absolute atomic E-state index is 0. The topological polar surface area (TPSA) is 100 Å². The Morgan fingerprint density at radius 1 is 1.03 bits per heavy atom. The molecule has 3 aromatic heterocycles. The number of hydrogen-bond donors (Lipinski definition) is 2. The SMILES string of the molecule is C.CC.CC.O=C(c1ccc2[nH]c(=O)[nH]c(=O)c2c1)c1nc(Br)c2ccccn12. The number of halogens is 1. The summed E-state index contributed by atoms with van der Waals surface area (Å²) in [5.74, 6) is -0.0907. The van der Waals surface area contributed by atoms with Gasteiger partial charge in [0.1, 0.15) is 4.60 Å². The molecule has 0 aliphatic carbocycles. The van der Waals surface area contributed by atoms with E-state index >= 15 is 0 Å². The molecule has 0 aliphatic heterocycles. The maximum Gasteiger partial charge on any atom is 0.326 e. The van der Waals surface area contributed by atoms with E-state index in [0.29, 0.717) is 15.7 Å². The average molecular weight is 461 g/mol. The lowest BCUT2D eigenvalue weighted by Crippen LogP contribution is -2.22. The van der Waals surface area contributed by atoms with E-state index in [1.807, 2.05) is 39.8 Å². The van der Waals surface area contributed by atoms with Crippen molar-refractivity contribution in [2.24, 2.45) is 0 Å². The third kappa shape index (κ3) is 4.71. The number of aromatic amines is 2. The van der Waals surface area contributed by atoms with Crippen molar-refractivity contribution < 1.29 is 4.79 Å². The van der Waals surface area contributed by atoms with Gasteiger partial charge >= 0.3 is 5.69 Å². The quantitative estimate of drug-likeness (QED) is 0.428. The van der Waals surface area contributed by atoms with E-state index < -0.39 is 11.2 Å². The zero-order chi connectivity index (χ0) is 20.8. The number of nitrogens with one attached hydrogen (secondary N) is 2. The van der Waals surface area contributed by atoms with Crippen molar-refractivity contribution >= 4 is 38.1 Å². The monoisotopic (exact) mass is 460 g/mol. The van der Waals surface area contributed by atoms with E-state index in [1.165, 1.54) is 12.1 Å². The Hall–Kier alpha value is -3.00. The van der Waals surface area contributed by atoms with Crippen molar-refractivity contribution in [1.82, 2.24) is 19.4 Å². The molecule has 29 heavy (non-hydrogen) atoms.